The zero-order valence-electron chi connectivity index (χ0n) is 14.7. The molecule has 0 unspecified atom stereocenters. The van der Waals surface area contributed by atoms with Gasteiger partial charge in [0, 0.05) is 11.1 Å². The molecule has 0 aliphatic rings. The van der Waals surface area contributed by atoms with Crippen LogP contribution in [0, 0.1) is 27.7 Å². The van der Waals surface area contributed by atoms with E-state index in [4.69, 9.17) is 0 Å². The minimum Gasteiger partial charge on any atom is -0.289 e. The Morgan fingerprint density at radius 1 is 0.625 bits per heavy atom. The van der Waals surface area contributed by atoms with Crippen LogP contribution in [0.15, 0.2) is 60.7 Å². The van der Waals surface area contributed by atoms with E-state index in [1.54, 1.807) is 0 Å². The van der Waals surface area contributed by atoms with E-state index in [9.17, 15) is 4.79 Å². The Balaban J connectivity index is 1.92. The lowest BCUT2D eigenvalue weighted by molar-refractivity contribution is 0.103. The molecule has 0 heterocycles. The Morgan fingerprint density at radius 3 is 1.71 bits per heavy atom. The molecule has 24 heavy (non-hydrogen) atoms. The van der Waals surface area contributed by atoms with Gasteiger partial charge >= 0.3 is 0 Å². The summed E-state index contributed by atoms with van der Waals surface area (Å²) >= 11 is 0. The maximum absolute atomic E-state index is 12.6. The van der Waals surface area contributed by atoms with Crippen molar-refractivity contribution in [2.24, 2.45) is 0 Å². The molecule has 0 saturated carbocycles. The minimum absolute atomic E-state index is 0.0679. The van der Waals surface area contributed by atoms with Gasteiger partial charge in [-0.2, -0.15) is 0 Å². The minimum atomic E-state index is 0.0679. The molecule has 3 aromatic rings. The number of carbonyl (C=O) groups is 1. The second-order valence-electron chi connectivity index (χ2n) is 6.52. The topological polar surface area (TPSA) is 17.1 Å². The fourth-order valence-electron chi connectivity index (χ4n) is 2.94. The van der Waals surface area contributed by atoms with Gasteiger partial charge < -0.3 is 0 Å². The van der Waals surface area contributed by atoms with E-state index in [-0.39, 0.29) is 5.78 Å². The third-order valence-electron chi connectivity index (χ3n) is 4.61. The number of aryl methyl sites for hydroxylation is 4. The molecule has 120 valence electrons. The molecule has 0 atom stereocenters. The van der Waals surface area contributed by atoms with Crippen LogP contribution in [-0.4, -0.2) is 5.78 Å². The van der Waals surface area contributed by atoms with Crippen LogP contribution < -0.4 is 0 Å². The van der Waals surface area contributed by atoms with Gasteiger partial charge in [-0.25, -0.2) is 0 Å². The summed E-state index contributed by atoms with van der Waals surface area (Å²) in [5.41, 5.74) is 8.85. The largest absolute Gasteiger partial charge is 0.289 e. The fraction of sp³-hybridized carbons (Fsp3) is 0.174. The molecular formula is C23H22O. The number of hydrogen-bond acceptors (Lipinski definition) is 1. The SMILES string of the molecule is Cc1ccc(C(=O)c2ccc(-c3cc(C)c(C)cc3C)cc2)cc1. The van der Waals surface area contributed by atoms with Gasteiger partial charge in [-0.15, -0.1) is 0 Å². The average molecular weight is 314 g/mol. The van der Waals surface area contributed by atoms with Crippen LogP contribution >= 0.6 is 0 Å². The van der Waals surface area contributed by atoms with E-state index in [0.29, 0.717) is 0 Å². The van der Waals surface area contributed by atoms with Crippen molar-refractivity contribution in [3.05, 3.63) is 94.0 Å². The van der Waals surface area contributed by atoms with Crippen molar-refractivity contribution in [2.45, 2.75) is 27.7 Å². The molecule has 0 amide bonds. The quantitative estimate of drug-likeness (QED) is 0.557. The van der Waals surface area contributed by atoms with Crippen LogP contribution in [-0.2, 0) is 0 Å². The van der Waals surface area contributed by atoms with Crippen molar-refractivity contribution in [1.29, 1.82) is 0 Å². The third-order valence-corrected chi connectivity index (χ3v) is 4.61. The number of hydrogen-bond donors (Lipinski definition) is 0. The van der Waals surface area contributed by atoms with E-state index < -0.39 is 0 Å². The molecule has 0 N–H and O–H groups in total. The molecule has 1 nitrogen and oxygen atoms in total. The summed E-state index contributed by atoms with van der Waals surface area (Å²) in [5, 5.41) is 0. The highest BCUT2D eigenvalue weighted by Gasteiger charge is 2.10. The molecule has 0 aliphatic carbocycles. The fourth-order valence-corrected chi connectivity index (χ4v) is 2.94. The Morgan fingerprint density at radius 2 is 1.12 bits per heavy atom. The molecular weight excluding hydrogens is 292 g/mol. The van der Waals surface area contributed by atoms with Gasteiger partial charge in [0.05, 0.1) is 0 Å². The summed E-state index contributed by atoms with van der Waals surface area (Å²) < 4.78 is 0. The number of ketones is 1. The van der Waals surface area contributed by atoms with Crippen LogP contribution in [0.3, 0.4) is 0 Å². The first-order valence-corrected chi connectivity index (χ1v) is 8.25. The lowest BCUT2D eigenvalue weighted by atomic mass is 9.94. The highest BCUT2D eigenvalue weighted by atomic mass is 16.1. The Hall–Kier alpha value is -2.67. The summed E-state index contributed by atoms with van der Waals surface area (Å²) in [5.74, 6) is 0.0679. The monoisotopic (exact) mass is 314 g/mol. The first-order chi connectivity index (χ1) is 11.5. The first-order valence-electron chi connectivity index (χ1n) is 8.25. The predicted molar refractivity (Wildman–Crippen MR) is 101 cm³/mol. The van der Waals surface area contributed by atoms with Crippen LogP contribution in [0.1, 0.15) is 38.2 Å². The molecule has 0 radical (unpaired) electrons. The summed E-state index contributed by atoms with van der Waals surface area (Å²) in [6, 6.07) is 20.1. The molecule has 0 saturated heterocycles. The van der Waals surface area contributed by atoms with E-state index in [1.165, 1.54) is 22.3 Å². The predicted octanol–water partition coefficient (Wildman–Crippen LogP) is 5.82. The molecule has 0 fully saturated rings. The van der Waals surface area contributed by atoms with E-state index in [0.717, 1.165) is 22.3 Å². The van der Waals surface area contributed by atoms with Crippen LogP contribution in [0.5, 0.6) is 0 Å². The maximum Gasteiger partial charge on any atom is 0.193 e. The van der Waals surface area contributed by atoms with Crippen LogP contribution in [0.25, 0.3) is 11.1 Å². The summed E-state index contributed by atoms with van der Waals surface area (Å²) in [4.78, 5) is 12.6. The maximum atomic E-state index is 12.6. The van der Waals surface area contributed by atoms with Gasteiger partial charge in [-0.05, 0) is 55.5 Å². The third kappa shape index (κ3) is 3.16. The lowest BCUT2D eigenvalue weighted by Crippen LogP contribution is -2.01. The summed E-state index contributed by atoms with van der Waals surface area (Å²) in [6.07, 6.45) is 0. The normalized spacial score (nSPS) is 10.7. The number of benzene rings is 3. The lowest BCUT2D eigenvalue weighted by Gasteiger charge is -2.11. The van der Waals surface area contributed by atoms with Gasteiger partial charge in [-0.3, -0.25) is 4.79 Å². The van der Waals surface area contributed by atoms with Gasteiger partial charge in [0.15, 0.2) is 5.78 Å². The summed E-state index contributed by atoms with van der Waals surface area (Å²) in [6.45, 7) is 8.42. The van der Waals surface area contributed by atoms with Gasteiger partial charge in [0.25, 0.3) is 0 Å². The Kier molecular flexibility index (Phi) is 4.35. The molecule has 0 aromatic heterocycles. The van der Waals surface area contributed by atoms with Crippen molar-refractivity contribution >= 4 is 5.78 Å². The first kappa shape index (κ1) is 16.2. The van der Waals surface area contributed by atoms with Gasteiger partial charge in [-0.1, -0.05) is 66.2 Å². The van der Waals surface area contributed by atoms with Crippen molar-refractivity contribution in [3.63, 3.8) is 0 Å². The molecule has 0 spiro atoms. The molecule has 3 aromatic carbocycles. The van der Waals surface area contributed by atoms with Gasteiger partial charge in [0.2, 0.25) is 0 Å². The van der Waals surface area contributed by atoms with Gasteiger partial charge in [0.1, 0.15) is 0 Å². The van der Waals surface area contributed by atoms with Crippen molar-refractivity contribution in [2.75, 3.05) is 0 Å². The summed E-state index contributed by atoms with van der Waals surface area (Å²) in [7, 11) is 0. The van der Waals surface area contributed by atoms with Crippen molar-refractivity contribution in [1.82, 2.24) is 0 Å². The Bertz CT molecular complexity index is 885. The van der Waals surface area contributed by atoms with Crippen LogP contribution in [0.4, 0.5) is 0 Å². The van der Waals surface area contributed by atoms with Crippen molar-refractivity contribution in [3.8, 4) is 11.1 Å². The standard InChI is InChI=1S/C23H22O/c1-15-5-7-20(8-6-15)23(24)21-11-9-19(10-12-21)22-14-17(3)16(2)13-18(22)4/h5-14H,1-4H3. The number of rotatable bonds is 3. The van der Waals surface area contributed by atoms with Crippen LogP contribution in [0.2, 0.25) is 0 Å². The smallest absolute Gasteiger partial charge is 0.193 e. The average Bonchev–Trinajstić information content (AvgIpc) is 2.58. The second kappa shape index (κ2) is 6.45. The number of carbonyl (C=O) groups excluding carboxylic acids is 1. The van der Waals surface area contributed by atoms with E-state index in [1.807, 2.05) is 55.5 Å². The molecule has 1 heteroatoms. The Labute approximate surface area is 144 Å². The highest BCUT2D eigenvalue weighted by Crippen LogP contribution is 2.27. The second-order valence-corrected chi connectivity index (χ2v) is 6.52. The molecule has 0 aliphatic heterocycles. The zero-order chi connectivity index (χ0) is 17.3. The van der Waals surface area contributed by atoms with E-state index >= 15 is 0 Å². The molecule has 0 bridgehead atoms. The zero-order valence-corrected chi connectivity index (χ0v) is 14.7. The molecule has 3 rings (SSSR count). The van der Waals surface area contributed by atoms with E-state index in [2.05, 4.69) is 32.9 Å². The highest BCUT2D eigenvalue weighted by molar-refractivity contribution is 6.09. The van der Waals surface area contributed by atoms with Crippen molar-refractivity contribution < 1.29 is 4.79 Å².